The number of nitrogens with zero attached hydrogens (tertiary/aromatic N) is 2. The van der Waals surface area contributed by atoms with E-state index in [0.29, 0.717) is 17.5 Å². The van der Waals surface area contributed by atoms with Crippen LogP contribution in [0, 0.1) is 6.92 Å². The molecule has 0 spiro atoms. The fraction of sp³-hybridized carbons (Fsp3) is 0.429. The van der Waals surface area contributed by atoms with Crippen LogP contribution in [0.1, 0.15) is 38.1 Å². The van der Waals surface area contributed by atoms with E-state index in [0.717, 1.165) is 23.0 Å². The van der Waals surface area contributed by atoms with Crippen molar-refractivity contribution in [3.05, 3.63) is 28.4 Å². The largest absolute Gasteiger partial charge is 0.349 e. The van der Waals surface area contributed by atoms with Crippen molar-refractivity contribution in [3.8, 4) is 0 Å². The highest BCUT2D eigenvalue weighted by atomic mass is 32.2. The van der Waals surface area contributed by atoms with E-state index in [1.54, 1.807) is 13.0 Å². The summed E-state index contributed by atoms with van der Waals surface area (Å²) in [5.74, 6) is -0.188. The molecule has 1 saturated heterocycles. The molecule has 1 aliphatic heterocycles. The zero-order chi connectivity index (χ0) is 14.2. The maximum Gasteiger partial charge on any atom is 0.293 e. The third kappa shape index (κ3) is 2.61. The summed E-state index contributed by atoms with van der Waals surface area (Å²) < 4.78 is 2.15. The molecule has 1 fully saturated rings. The lowest BCUT2D eigenvalue weighted by molar-refractivity contribution is -0.122. The Morgan fingerprint density at radius 3 is 2.53 bits per heavy atom. The van der Waals surface area contributed by atoms with Crippen LogP contribution in [0.3, 0.4) is 0 Å². The third-order valence-electron chi connectivity index (χ3n) is 3.11. The molecule has 0 unspecified atom stereocenters. The number of aromatic nitrogens is 1. The van der Waals surface area contributed by atoms with Crippen LogP contribution < -0.4 is 0 Å². The molecule has 0 N–H and O–H groups in total. The second kappa shape index (κ2) is 5.25. The molecule has 0 bridgehead atoms. The van der Waals surface area contributed by atoms with Gasteiger partial charge in [-0.25, -0.2) is 0 Å². The Bertz CT molecular complexity index is 558. The predicted molar refractivity (Wildman–Crippen MR) is 77.9 cm³/mol. The van der Waals surface area contributed by atoms with Crippen molar-refractivity contribution < 1.29 is 9.59 Å². The number of thioether (sulfide) groups is 1. The van der Waals surface area contributed by atoms with Gasteiger partial charge in [-0.05, 0) is 57.2 Å². The molecule has 0 aliphatic carbocycles. The summed E-state index contributed by atoms with van der Waals surface area (Å²) in [6.07, 6.45) is 3.81. The summed E-state index contributed by atoms with van der Waals surface area (Å²) in [5, 5.41) is -0.182. The Labute approximate surface area is 117 Å². The molecule has 102 valence electrons. The van der Waals surface area contributed by atoms with Gasteiger partial charge in [0, 0.05) is 24.5 Å². The Kier molecular flexibility index (Phi) is 3.85. The summed E-state index contributed by atoms with van der Waals surface area (Å²) in [7, 11) is 0. The average Bonchev–Trinajstić information content (AvgIpc) is 2.81. The molecule has 1 aromatic rings. The van der Waals surface area contributed by atoms with E-state index in [2.05, 4.69) is 18.4 Å². The van der Waals surface area contributed by atoms with Crippen LogP contribution in [0.2, 0.25) is 0 Å². The lowest BCUT2D eigenvalue weighted by Gasteiger charge is -2.08. The monoisotopic (exact) mass is 278 g/mol. The number of imide groups is 1. The molecule has 0 aromatic carbocycles. The summed E-state index contributed by atoms with van der Waals surface area (Å²) in [6, 6.07) is 2.41. The van der Waals surface area contributed by atoms with Crippen LogP contribution in [0.5, 0.6) is 0 Å². The molecule has 2 rings (SSSR count). The molecule has 4 nitrogen and oxygen atoms in total. The second-order valence-electron chi connectivity index (χ2n) is 4.84. The highest BCUT2D eigenvalue weighted by molar-refractivity contribution is 8.18. The quantitative estimate of drug-likeness (QED) is 0.795. The zero-order valence-electron chi connectivity index (χ0n) is 11.6. The molecule has 0 saturated carbocycles. The van der Waals surface area contributed by atoms with Crippen LogP contribution >= 0.6 is 11.8 Å². The van der Waals surface area contributed by atoms with E-state index in [-0.39, 0.29) is 11.1 Å². The molecule has 19 heavy (non-hydrogen) atoms. The number of carbonyl (C=O) groups excluding carboxylic acids is 2. The Balaban J connectivity index is 2.30. The highest BCUT2D eigenvalue weighted by Gasteiger charge is 2.33. The van der Waals surface area contributed by atoms with E-state index in [9.17, 15) is 9.59 Å². The first-order valence-electron chi connectivity index (χ1n) is 6.38. The Morgan fingerprint density at radius 1 is 1.37 bits per heavy atom. The van der Waals surface area contributed by atoms with Crippen molar-refractivity contribution in [2.45, 2.75) is 33.7 Å². The first-order chi connectivity index (χ1) is 8.93. The van der Waals surface area contributed by atoms with Gasteiger partial charge in [0.15, 0.2) is 0 Å². The molecule has 5 heteroatoms. The van der Waals surface area contributed by atoms with Gasteiger partial charge in [0.05, 0.1) is 4.91 Å². The van der Waals surface area contributed by atoms with E-state index < -0.39 is 0 Å². The number of carbonyl (C=O) groups is 2. The summed E-state index contributed by atoms with van der Waals surface area (Å²) in [5.41, 5.74) is 2.11. The van der Waals surface area contributed by atoms with Crippen molar-refractivity contribution in [3.63, 3.8) is 0 Å². The van der Waals surface area contributed by atoms with Gasteiger partial charge in [-0.1, -0.05) is 0 Å². The number of aryl methyl sites for hydroxylation is 1. The molecule has 0 atom stereocenters. The fourth-order valence-electron chi connectivity index (χ4n) is 2.17. The predicted octanol–water partition coefficient (Wildman–Crippen LogP) is 3.43. The molecule has 1 aliphatic rings. The van der Waals surface area contributed by atoms with Crippen LogP contribution in [0.15, 0.2) is 17.2 Å². The van der Waals surface area contributed by atoms with Crippen molar-refractivity contribution >= 4 is 29.0 Å². The summed E-state index contributed by atoms with van der Waals surface area (Å²) in [4.78, 5) is 25.4. The molecule has 2 heterocycles. The van der Waals surface area contributed by atoms with E-state index in [4.69, 9.17) is 0 Å². The zero-order valence-corrected chi connectivity index (χ0v) is 12.5. The van der Waals surface area contributed by atoms with Gasteiger partial charge in [0.25, 0.3) is 11.1 Å². The topological polar surface area (TPSA) is 42.3 Å². The Hall–Kier alpha value is -1.49. The number of hydrogen-bond donors (Lipinski definition) is 0. The van der Waals surface area contributed by atoms with Gasteiger partial charge >= 0.3 is 0 Å². The molecule has 2 amide bonds. The number of rotatable bonds is 3. The van der Waals surface area contributed by atoms with Gasteiger partial charge < -0.3 is 4.57 Å². The standard InChI is InChI=1S/C14H18N2O2S/c1-5-15-13(17)12(19-14(15)18)7-11-6-10(4)16(8-11)9(2)3/h6-9H,5H2,1-4H3/b12-7+. The van der Waals surface area contributed by atoms with Crippen LogP contribution in [-0.2, 0) is 4.79 Å². The maximum absolute atomic E-state index is 12.0. The minimum atomic E-state index is -0.188. The summed E-state index contributed by atoms with van der Waals surface area (Å²) in [6.45, 7) is 8.49. The second-order valence-corrected chi connectivity index (χ2v) is 5.83. The minimum Gasteiger partial charge on any atom is -0.349 e. The fourth-order valence-corrected chi connectivity index (χ4v) is 3.08. The SMILES string of the molecule is CCN1C(=O)S/C(=C/c2cc(C)n(C(C)C)c2)C1=O. The van der Waals surface area contributed by atoms with Crippen molar-refractivity contribution in [2.75, 3.05) is 6.54 Å². The first kappa shape index (κ1) is 13.9. The summed E-state index contributed by atoms with van der Waals surface area (Å²) >= 11 is 1.01. The van der Waals surface area contributed by atoms with E-state index in [1.807, 2.05) is 19.2 Å². The Morgan fingerprint density at radius 2 is 2.05 bits per heavy atom. The third-order valence-corrected chi connectivity index (χ3v) is 4.02. The normalized spacial score (nSPS) is 18.2. The average molecular weight is 278 g/mol. The van der Waals surface area contributed by atoms with Crippen LogP contribution in [-0.4, -0.2) is 27.2 Å². The van der Waals surface area contributed by atoms with Gasteiger partial charge in [0.1, 0.15) is 0 Å². The van der Waals surface area contributed by atoms with Crippen molar-refractivity contribution in [1.29, 1.82) is 0 Å². The maximum atomic E-state index is 12.0. The number of likely N-dealkylation sites (N-methyl/N-ethyl adjacent to an activating group) is 1. The first-order valence-corrected chi connectivity index (χ1v) is 7.19. The molecule has 0 radical (unpaired) electrons. The van der Waals surface area contributed by atoms with Crippen LogP contribution in [0.4, 0.5) is 4.79 Å². The lowest BCUT2D eigenvalue weighted by Crippen LogP contribution is -2.27. The van der Waals surface area contributed by atoms with Gasteiger partial charge in [-0.15, -0.1) is 0 Å². The van der Waals surface area contributed by atoms with Gasteiger partial charge in [-0.3, -0.25) is 14.5 Å². The minimum absolute atomic E-state index is 0.182. The smallest absolute Gasteiger partial charge is 0.293 e. The number of hydrogen-bond acceptors (Lipinski definition) is 3. The molecular formula is C14H18N2O2S. The number of amides is 2. The lowest BCUT2D eigenvalue weighted by atomic mass is 10.3. The van der Waals surface area contributed by atoms with E-state index >= 15 is 0 Å². The van der Waals surface area contributed by atoms with Gasteiger partial charge in [0.2, 0.25) is 0 Å². The van der Waals surface area contributed by atoms with Crippen molar-refractivity contribution in [1.82, 2.24) is 9.47 Å². The van der Waals surface area contributed by atoms with Gasteiger partial charge in [-0.2, -0.15) is 0 Å². The molecular weight excluding hydrogens is 260 g/mol. The van der Waals surface area contributed by atoms with Crippen LogP contribution in [0.25, 0.3) is 6.08 Å². The molecule has 1 aromatic heterocycles. The highest BCUT2D eigenvalue weighted by Crippen LogP contribution is 2.32. The van der Waals surface area contributed by atoms with E-state index in [1.165, 1.54) is 4.90 Å². The van der Waals surface area contributed by atoms with Crippen molar-refractivity contribution in [2.24, 2.45) is 0 Å².